The molecule has 1 aromatic carbocycles. The van der Waals surface area contributed by atoms with Crippen LogP contribution in [0.15, 0.2) is 43.0 Å². The van der Waals surface area contributed by atoms with Gasteiger partial charge < -0.3 is 0 Å². The molecule has 0 radical (unpaired) electrons. The minimum absolute atomic E-state index is 0.162. The van der Waals surface area contributed by atoms with Crippen LogP contribution in [0.4, 0.5) is 0 Å². The molecule has 0 amide bonds. The highest BCUT2D eigenvalue weighted by atomic mass is 35.7. The van der Waals surface area contributed by atoms with E-state index in [2.05, 4.69) is 6.58 Å². The van der Waals surface area contributed by atoms with Crippen molar-refractivity contribution in [3.63, 3.8) is 0 Å². The molecule has 0 saturated carbocycles. The molecule has 0 aliphatic heterocycles. The Hall–Kier alpha value is -0.243. The van der Waals surface area contributed by atoms with Crippen molar-refractivity contribution >= 4 is 29.6 Å². The first-order chi connectivity index (χ1) is 5.75. The average Bonchev–Trinajstić information content (AvgIpc) is 2.07. The topological polar surface area (TPSA) is 0 Å². The molecule has 0 aliphatic rings. The summed E-state index contributed by atoms with van der Waals surface area (Å²) in [6.45, 7) is 3.72. The molecule has 3 heteroatoms. The molecule has 0 N–H and O–H groups in total. The molecule has 1 unspecified atom stereocenters. The lowest BCUT2D eigenvalue weighted by Gasteiger charge is -2.11. The quantitative estimate of drug-likeness (QED) is 0.414. The standard InChI is InChI=1S/C9H10Cl2Si/c1-2-9(12(10)11)8-6-4-3-5-7-8/h2-7,9,12H,1H2. The van der Waals surface area contributed by atoms with E-state index in [-0.39, 0.29) is 5.54 Å². The third-order valence-corrected chi connectivity index (χ3v) is 4.54. The van der Waals surface area contributed by atoms with E-state index in [9.17, 15) is 0 Å². The van der Waals surface area contributed by atoms with Crippen LogP contribution in [0.1, 0.15) is 11.1 Å². The van der Waals surface area contributed by atoms with E-state index in [0.29, 0.717) is 0 Å². The Morgan fingerprint density at radius 3 is 2.25 bits per heavy atom. The lowest BCUT2D eigenvalue weighted by atomic mass is 10.1. The smallest absolute Gasteiger partial charge is 0.149 e. The van der Waals surface area contributed by atoms with Crippen LogP contribution in [0.3, 0.4) is 0 Å². The Balaban J connectivity index is 2.88. The normalized spacial score (nSPS) is 12.9. The Morgan fingerprint density at radius 2 is 1.83 bits per heavy atom. The molecular weight excluding hydrogens is 207 g/mol. The first-order valence-corrected chi connectivity index (χ1v) is 7.87. The van der Waals surface area contributed by atoms with Crippen LogP contribution < -0.4 is 0 Å². The zero-order valence-corrected chi connectivity index (χ0v) is 9.25. The van der Waals surface area contributed by atoms with Gasteiger partial charge in [0.25, 0.3) is 0 Å². The molecule has 0 spiro atoms. The highest BCUT2D eigenvalue weighted by Gasteiger charge is 2.16. The Bertz CT molecular complexity index is 246. The second-order valence-electron chi connectivity index (χ2n) is 2.51. The number of hydrogen-bond donors (Lipinski definition) is 0. The van der Waals surface area contributed by atoms with E-state index in [4.69, 9.17) is 22.2 Å². The van der Waals surface area contributed by atoms with Gasteiger partial charge in [-0.3, -0.25) is 0 Å². The van der Waals surface area contributed by atoms with E-state index in [1.165, 1.54) is 0 Å². The summed E-state index contributed by atoms with van der Waals surface area (Å²) < 4.78 is 0. The lowest BCUT2D eigenvalue weighted by Crippen LogP contribution is -2.08. The van der Waals surface area contributed by atoms with Gasteiger partial charge in [0.2, 0.25) is 7.42 Å². The predicted molar refractivity (Wildman–Crippen MR) is 58.2 cm³/mol. The maximum absolute atomic E-state index is 5.91. The van der Waals surface area contributed by atoms with Crippen LogP contribution >= 0.6 is 22.2 Å². The number of hydrogen-bond acceptors (Lipinski definition) is 0. The summed E-state index contributed by atoms with van der Waals surface area (Å²) in [7, 11) is -1.69. The molecule has 0 aliphatic carbocycles. The van der Waals surface area contributed by atoms with Crippen LogP contribution in [0.5, 0.6) is 0 Å². The van der Waals surface area contributed by atoms with Gasteiger partial charge in [-0.1, -0.05) is 36.4 Å². The van der Waals surface area contributed by atoms with Crippen molar-refractivity contribution in [2.75, 3.05) is 0 Å². The van der Waals surface area contributed by atoms with E-state index in [1.807, 2.05) is 36.4 Å². The minimum atomic E-state index is -1.69. The molecule has 0 fully saturated rings. The highest BCUT2D eigenvalue weighted by molar-refractivity contribution is 7.34. The summed E-state index contributed by atoms with van der Waals surface area (Å²) in [5.41, 5.74) is 1.32. The van der Waals surface area contributed by atoms with Crippen molar-refractivity contribution in [1.29, 1.82) is 0 Å². The van der Waals surface area contributed by atoms with Crippen molar-refractivity contribution < 1.29 is 0 Å². The summed E-state index contributed by atoms with van der Waals surface area (Å²) in [5, 5.41) is 0. The molecule has 0 nitrogen and oxygen atoms in total. The largest absolute Gasteiger partial charge is 0.247 e. The van der Waals surface area contributed by atoms with Gasteiger partial charge in [-0.15, -0.1) is 28.7 Å². The van der Waals surface area contributed by atoms with Crippen LogP contribution in [0.25, 0.3) is 0 Å². The summed E-state index contributed by atoms with van der Waals surface area (Å²) in [6, 6.07) is 9.99. The third-order valence-electron chi connectivity index (χ3n) is 1.71. The van der Waals surface area contributed by atoms with Crippen LogP contribution in [0, 0.1) is 0 Å². The average molecular weight is 217 g/mol. The van der Waals surface area contributed by atoms with Crippen LogP contribution in [-0.2, 0) is 0 Å². The zero-order valence-electron chi connectivity index (χ0n) is 6.58. The summed E-state index contributed by atoms with van der Waals surface area (Å²) in [4.78, 5) is 0. The third kappa shape index (κ3) is 2.37. The zero-order chi connectivity index (χ0) is 8.97. The van der Waals surface area contributed by atoms with Gasteiger partial charge in [0, 0.05) is 5.54 Å². The first kappa shape index (κ1) is 9.84. The van der Waals surface area contributed by atoms with Gasteiger partial charge in [-0.25, -0.2) is 0 Å². The van der Waals surface area contributed by atoms with Gasteiger partial charge in [0.05, 0.1) is 0 Å². The molecule has 0 aromatic heterocycles. The minimum Gasteiger partial charge on any atom is -0.149 e. The maximum Gasteiger partial charge on any atom is 0.247 e. The fraction of sp³-hybridized carbons (Fsp3) is 0.111. The van der Waals surface area contributed by atoms with E-state index >= 15 is 0 Å². The second-order valence-corrected chi connectivity index (χ2v) is 7.39. The molecule has 0 saturated heterocycles. The Kier molecular flexibility index (Phi) is 3.86. The number of benzene rings is 1. The molecule has 1 aromatic rings. The highest BCUT2D eigenvalue weighted by Crippen LogP contribution is 2.23. The van der Waals surface area contributed by atoms with E-state index in [1.54, 1.807) is 0 Å². The second kappa shape index (κ2) is 4.70. The molecule has 0 bridgehead atoms. The molecule has 1 rings (SSSR count). The SMILES string of the molecule is C=CC(c1ccccc1)[SiH](Cl)Cl. The van der Waals surface area contributed by atoms with Crippen molar-refractivity contribution in [2.24, 2.45) is 0 Å². The van der Waals surface area contributed by atoms with Crippen molar-refractivity contribution in [3.05, 3.63) is 48.6 Å². The molecule has 0 heterocycles. The number of rotatable bonds is 3. The van der Waals surface area contributed by atoms with Crippen molar-refractivity contribution in [1.82, 2.24) is 0 Å². The van der Waals surface area contributed by atoms with Gasteiger partial charge in [0.1, 0.15) is 0 Å². The maximum atomic E-state index is 5.91. The van der Waals surface area contributed by atoms with Crippen molar-refractivity contribution in [3.8, 4) is 0 Å². The number of halogens is 2. The van der Waals surface area contributed by atoms with Crippen LogP contribution in [-0.4, -0.2) is 7.42 Å². The lowest BCUT2D eigenvalue weighted by molar-refractivity contribution is 1.21. The fourth-order valence-electron chi connectivity index (χ4n) is 1.06. The Morgan fingerprint density at radius 1 is 1.25 bits per heavy atom. The Labute approximate surface area is 83.8 Å². The van der Waals surface area contributed by atoms with E-state index in [0.717, 1.165) is 5.56 Å². The summed E-state index contributed by atoms with van der Waals surface area (Å²) in [5.74, 6) is 0. The van der Waals surface area contributed by atoms with E-state index < -0.39 is 7.42 Å². The summed E-state index contributed by atoms with van der Waals surface area (Å²) >= 11 is 11.8. The molecular formula is C9H10Cl2Si. The fourth-order valence-corrected chi connectivity index (χ4v) is 3.27. The van der Waals surface area contributed by atoms with Gasteiger partial charge in [0.15, 0.2) is 0 Å². The van der Waals surface area contributed by atoms with Gasteiger partial charge >= 0.3 is 0 Å². The van der Waals surface area contributed by atoms with Gasteiger partial charge in [-0.2, -0.15) is 0 Å². The molecule has 1 atom stereocenters. The predicted octanol–water partition coefficient (Wildman–Crippen LogP) is 3.19. The first-order valence-electron chi connectivity index (χ1n) is 3.71. The number of allylic oxidation sites excluding steroid dienone is 1. The molecule has 64 valence electrons. The molecule has 12 heavy (non-hydrogen) atoms. The summed E-state index contributed by atoms with van der Waals surface area (Å²) in [6.07, 6.45) is 1.83. The van der Waals surface area contributed by atoms with Crippen LogP contribution in [0.2, 0.25) is 0 Å². The van der Waals surface area contributed by atoms with Gasteiger partial charge in [-0.05, 0) is 5.56 Å². The van der Waals surface area contributed by atoms with Crippen molar-refractivity contribution in [2.45, 2.75) is 5.54 Å². The monoisotopic (exact) mass is 216 g/mol.